The van der Waals surface area contributed by atoms with Gasteiger partial charge in [0.1, 0.15) is 13.2 Å². The van der Waals surface area contributed by atoms with Crippen molar-refractivity contribution >= 4 is 5.97 Å². The molecular formula is C8H12O3. The molecule has 0 aromatic heterocycles. The van der Waals surface area contributed by atoms with Crippen LogP contribution in [-0.4, -0.2) is 24.3 Å². The van der Waals surface area contributed by atoms with Crippen molar-refractivity contribution < 1.29 is 14.6 Å². The molecule has 0 amide bonds. The highest BCUT2D eigenvalue weighted by Crippen LogP contribution is 1.95. The molecule has 11 heavy (non-hydrogen) atoms. The molecule has 1 N–H and O–H groups in total. The molecule has 3 heteroatoms. The Hall–Kier alpha value is -1.09. The summed E-state index contributed by atoms with van der Waals surface area (Å²) in [5.74, 6) is -0.619. The van der Waals surface area contributed by atoms with E-state index in [9.17, 15) is 4.79 Å². The molecule has 0 atom stereocenters. The van der Waals surface area contributed by atoms with Gasteiger partial charge in [-0.1, -0.05) is 18.7 Å². The molecule has 0 rings (SSSR count). The molecule has 0 heterocycles. The standard InChI is InChI=1S/C8H12O3/c1-3-7(4-2)6-11-8(10)5-9/h3-4,9H,1,5-6H2,2H3/b7-4+. The highest BCUT2D eigenvalue weighted by atomic mass is 16.5. The number of allylic oxidation sites excluding steroid dienone is 1. The van der Waals surface area contributed by atoms with E-state index in [1.54, 1.807) is 12.2 Å². The fourth-order valence-corrected chi connectivity index (χ4v) is 0.470. The van der Waals surface area contributed by atoms with Crippen molar-refractivity contribution in [3.8, 4) is 0 Å². The molecule has 0 radical (unpaired) electrons. The zero-order chi connectivity index (χ0) is 8.69. The number of rotatable bonds is 4. The number of carbonyl (C=O) groups is 1. The van der Waals surface area contributed by atoms with E-state index in [0.717, 1.165) is 5.57 Å². The van der Waals surface area contributed by atoms with Crippen molar-refractivity contribution in [1.29, 1.82) is 0 Å². The summed E-state index contributed by atoms with van der Waals surface area (Å²) in [6, 6.07) is 0. The van der Waals surface area contributed by atoms with Crippen LogP contribution in [0.3, 0.4) is 0 Å². The monoisotopic (exact) mass is 156 g/mol. The van der Waals surface area contributed by atoms with Crippen LogP contribution >= 0.6 is 0 Å². The van der Waals surface area contributed by atoms with Crippen LogP contribution in [-0.2, 0) is 9.53 Å². The molecule has 3 nitrogen and oxygen atoms in total. The van der Waals surface area contributed by atoms with Crippen LogP contribution in [0, 0.1) is 0 Å². The number of hydrogen-bond acceptors (Lipinski definition) is 3. The van der Waals surface area contributed by atoms with Crippen molar-refractivity contribution in [2.24, 2.45) is 0 Å². The van der Waals surface area contributed by atoms with Crippen molar-refractivity contribution in [2.75, 3.05) is 13.2 Å². The second kappa shape index (κ2) is 5.68. The maximum atomic E-state index is 10.4. The minimum Gasteiger partial charge on any atom is -0.459 e. The number of esters is 1. The van der Waals surface area contributed by atoms with Gasteiger partial charge >= 0.3 is 5.97 Å². The average molecular weight is 156 g/mol. The summed E-state index contributed by atoms with van der Waals surface area (Å²) < 4.78 is 4.61. The molecule has 0 saturated heterocycles. The lowest BCUT2D eigenvalue weighted by Crippen LogP contribution is -2.10. The van der Waals surface area contributed by atoms with Gasteiger partial charge in [-0.05, 0) is 12.5 Å². The third-order valence-electron chi connectivity index (χ3n) is 1.16. The lowest BCUT2D eigenvalue weighted by Gasteiger charge is -2.01. The average Bonchev–Trinajstić information content (AvgIpc) is 2.06. The Labute approximate surface area is 66.0 Å². The summed E-state index contributed by atoms with van der Waals surface area (Å²) in [6.07, 6.45) is 3.39. The second-order valence-corrected chi connectivity index (χ2v) is 1.89. The quantitative estimate of drug-likeness (QED) is 0.480. The maximum absolute atomic E-state index is 10.4. The largest absolute Gasteiger partial charge is 0.459 e. The summed E-state index contributed by atoms with van der Waals surface area (Å²) in [6.45, 7) is 4.94. The van der Waals surface area contributed by atoms with Crippen LogP contribution < -0.4 is 0 Å². The summed E-state index contributed by atoms with van der Waals surface area (Å²) in [5.41, 5.74) is 0.826. The van der Waals surface area contributed by atoms with Gasteiger partial charge in [-0.25, -0.2) is 4.79 Å². The molecular weight excluding hydrogens is 144 g/mol. The van der Waals surface area contributed by atoms with Crippen LogP contribution in [0.2, 0.25) is 0 Å². The topological polar surface area (TPSA) is 46.5 Å². The zero-order valence-corrected chi connectivity index (χ0v) is 6.54. The van der Waals surface area contributed by atoms with E-state index in [-0.39, 0.29) is 6.61 Å². The van der Waals surface area contributed by atoms with Crippen LogP contribution in [0.25, 0.3) is 0 Å². The van der Waals surface area contributed by atoms with Crippen LogP contribution in [0.5, 0.6) is 0 Å². The van der Waals surface area contributed by atoms with E-state index in [1.165, 1.54) is 0 Å². The van der Waals surface area contributed by atoms with Gasteiger partial charge in [0.25, 0.3) is 0 Å². The molecule has 0 bridgehead atoms. The van der Waals surface area contributed by atoms with Crippen molar-refractivity contribution in [3.63, 3.8) is 0 Å². The highest BCUT2D eigenvalue weighted by molar-refractivity contribution is 5.70. The zero-order valence-electron chi connectivity index (χ0n) is 6.54. The Morgan fingerprint density at radius 3 is 2.73 bits per heavy atom. The third kappa shape index (κ3) is 4.33. The predicted octanol–water partition coefficient (Wildman–Crippen LogP) is 0.654. The first-order valence-electron chi connectivity index (χ1n) is 3.28. The van der Waals surface area contributed by atoms with Gasteiger partial charge in [-0.15, -0.1) is 0 Å². The SMILES string of the molecule is C=C/C(=C\C)COC(=O)CO. The number of aliphatic hydroxyl groups excluding tert-OH is 1. The molecule has 0 fully saturated rings. The van der Waals surface area contributed by atoms with E-state index >= 15 is 0 Å². The Balaban J connectivity index is 3.69. The van der Waals surface area contributed by atoms with Gasteiger partial charge in [0.2, 0.25) is 0 Å². The molecule has 0 spiro atoms. The van der Waals surface area contributed by atoms with Gasteiger partial charge in [0, 0.05) is 0 Å². The third-order valence-corrected chi connectivity index (χ3v) is 1.16. The van der Waals surface area contributed by atoms with Gasteiger partial charge in [-0.3, -0.25) is 0 Å². The van der Waals surface area contributed by atoms with Gasteiger partial charge in [0.15, 0.2) is 0 Å². The van der Waals surface area contributed by atoms with Crippen LogP contribution in [0.1, 0.15) is 6.92 Å². The Bertz CT molecular complexity index is 170. The van der Waals surface area contributed by atoms with E-state index in [0.29, 0.717) is 0 Å². The first-order valence-corrected chi connectivity index (χ1v) is 3.28. The molecule has 0 aromatic carbocycles. The normalized spacial score (nSPS) is 10.9. The van der Waals surface area contributed by atoms with Gasteiger partial charge in [-0.2, -0.15) is 0 Å². The molecule has 0 aliphatic rings. The molecule has 0 saturated carbocycles. The van der Waals surface area contributed by atoms with Gasteiger partial charge in [0.05, 0.1) is 0 Å². The number of carbonyl (C=O) groups excluding carboxylic acids is 1. The molecule has 62 valence electrons. The first-order chi connectivity index (χ1) is 5.24. The smallest absolute Gasteiger partial charge is 0.332 e. The number of hydrogen-bond donors (Lipinski definition) is 1. The first kappa shape index (κ1) is 9.91. The molecule has 0 aromatic rings. The Morgan fingerprint density at radius 2 is 2.36 bits per heavy atom. The van der Waals surface area contributed by atoms with Crippen LogP contribution in [0.4, 0.5) is 0 Å². The molecule has 0 unspecified atom stereocenters. The van der Waals surface area contributed by atoms with E-state index in [1.807, 2.05) is 6.92 Å². The Kier molecular flexibility index (Phi) is 5.11. The van der Waals surface area contributed by atoms with Crippen molar-refractivity contribution in [3.05, 3.63) is 24.3 Å². The maximum Gasteiger partial charge on any atom is 0.332 e. The lowest BCUT2D eigenvalue weighted by molar-refractivity contribution is -0.145. The van der Waals surface area contributed by atoms with Crippen LogP contribution in [0.15, 0.2) is 24.3 Å². The molecule has 0 aliphatic carbocycles. The van der Waals surface area contributed by atoms with E-state index < -0.39 is 12.6 Å². The fraction of sp³-hybridized carbons (Fsp3) is 0.375. The summed E-state index contributed by atoms with van der Waals surface area (Å²) >= 11 is 0. The van der Waals surface area contributed by atoms with Crippen molar-refractivity contribution in [2.45, 2.75) is 6.92 Å². The van der Waals surface area contributed by atoms with E-state index in [4.69, 9.17) is 5.11 Å². The summed E-state index contributed by atoms with van der Waals surface area (Å²) in [5, 5.41) is 8.27. The summed E-state index contributed by atoms with van der Waals surface area (Å²) in [4.78, 5) is 10.4. The number of ether oxygens (including phenoxy) is 1. The number of aliphatic hydroxyl groups is 1. The highest BCUT2D eigenvalue weighted by Gasteiger charge is 1.98. The Morgan fingerprint density at radius 1 is 1.73 bits per heavy atom. The minimum atomic E-state index is -0.619. The molecule has 0 aliphatic heterocycles. The van der Waals surface area contributed by atoms with Crippen molar-refractivity contribution in [1.82, 2.24) is 0 Å². The fourth-order valence-electron chi connectivity index (χ4n) is 0.470. The predicted molar refractivity (Wildman–Crippen MR) is 42.0 cm³/mol. The minimum absolute atomic E-state index is 0.180. The van der Waals surface area contributed by atoms with E-state index in [2.05, 4.69) is 11.3 Å². The second-order valence-electron chi connectivity index (χ2n) is 1.89. The van der Waals surface area contributed by atoms with Gasteiger partial charge < -0.3 is 9.84 Å². The lowest BCUT2D eigenvalue weighted by atomic mass is 10.3. The summed E-state index contributed by atoms with van der Waals surface area (Å²) in [7, 11) is 0.